The molecule has 1 aromatic heterocycles. The normalized spacial score (nSPS) is 12.1. The number of amides is 2. The number of hydrogen-bond acceptors (Lipinski definition) is 3. The van der Waals surface area contributed by atoms with Gasteiger partial charge in [0.2, 0.25) is 11.8 Å². The van der Waals surface area contributed by atoms with Crippen LogP contribution < -0.4 is 10.6 Å². The fourth-order valence-corrected chi connectivity index (χ4v) is 2.98. The molecule has 7 heteroatoms. The predicted molar refractivity (Wildman–Crippen MR) is 103 cm³/mol. The lowest BCUT2D eigenvalue weighted by Gasteiger charge is -2.16. The van der Waals surface area contributed by atoms with Gasteiger partial charge in [0.15, 0.2) is 0 Å². The average Bonchev–Trinajstić information content (AvgIpc) is 3.02. The van der Waals surface area contributed by atoms with E-state index in [1.54, 1.807) is 0 Å². The summed E-state index contributed by atoms with van der Waals surface area (Å²) >= 11 is 0. The Morgan fingerprint density at radius 1 is 1.15 bits per heavy atom. The summed E-state index contributed by atoms with van der Waals surface area (Å²) in [7, 11) is 0. The number of fused-ring (bicyclic) bond motifs is 1. The van der Waals surface area contributed by atoms with E-state index in [-0.39, 0.29) is 18.4 Å². The smallest absolute Gasteiger partial charge is 0.326 e. The van der Waals surface area contributed by atoms with E-state index in [0.717, 1.165) is 22.9 Å². The van der Waals surface area contributed by atoms with Crippen LogP contribution in [0.2, 0.25) is 0 Å². The molecule has 0 saturated heterocycles. The van der Waals surface area contributed by atoms with Gasteiger partial charge in [-0.1, -0.05) is 32.0 Å². The van der Waals surface area contributed by atoms with Crippen molar-refractivity contribution in [3.63, 3.8) is 0 Å². The Balaban J connectivity index is 1.71. The second-order valence-electron chi connectivity index (χ2n) is 7.08. The highest BCUT2D eigenvalue weighted by atomic mass is 16.4. The fraction of sp³-hybridized carbons (Fsp3) is 0.450. The van der Waals surface area contributed by atoms with E-state index in [1.165, 1.54) is 0 Å². The molecule has 0 unspecified atom stereocenters. The maximum atomic E-state index is 11.9. The van der Waals surface area contributed by atoms with Gasteiger partial charge in [-0.15, -0.1) is 0 Å². The molecule has 1 aromatic carbocycles. The van der Waals surface area contributed by atoms with Crippen molar-refractivity contribution in [2.75, 3.05) is 6.54 Å². The third-order valence-corrected chi connectivity index (χ3v) is 4.31. The van der Waals surface area contributed by atoms with Crippen LogP contribution >= 0.6 is 0 Å². The highest BCUT2D eigenvalue weighted by Gasteiger charge is 2.21. The fourth-order valence-electron chi connectivity index (χ4n) is 2.98. The zero-order chi connectivity index (χ0) is 19.8. The predicted octanol–water partition coefficient (Wildman–Crippen LogP) is 2.22. The van der Waals surface area contributed by atoms with Crippen LogP contribution in [0.25, 0.3) is 10.9 Å². The lowest BCUT2D eigenvalue weighted by atomic mass is 10.0. The Kier molecular flexibility index (Phi) is 7.40. The molecule has 0 aliphatic carbocycles. The molecule has 0 bridgehead atoms. The Labute approximate surface area is 158 Å². The Bertz CT molecular complexity index is 797. The van der Waals surface area contributed by atoms with Crippen molar-refractivity contribution in [3.8, 4) is 0 Å². The number of hydrogen-bond donors (Lipinski definition) is 4. The molecular formula is C20H27N3O4. The SMILES string of the molecule is CC(C)C[C@H](NC(=O)CNC(=O)CCCc1c[nH]c2ccccc12)C(=O)O. The molecule has 2 aromatic rings. The number of carbonyl (C=O) groups excluding carboxylic acids is 2. The quantitative estimate of drug-likeness (QED) is 0.512. The van der Waals surface area contributed by atoms with Crippen LogP contribution in [0.5, 0.6) is 0 Å². The highest BCUT2D eigenvalue weighted by molar-refractivity contribution is 5.88. The summed E-state index contributed by atoms with van der Waals surface area (Å²) in [6.45, 7) is 3.56. The summed E-state index contributed by atoms with van der Waals surface area (Å²) in [5.41, 5.74) is 2.23. The molecule has 1 atom stereocenters. The number of para-hydroxylation sites is 1. The van der Waals surface area contributed by atoms with Gasteiger partial charge in [-0.2, -0.15) is 0 Å². The summed E-state index contributed by atoms with van der Waals surface area (Å²) in [4.78, 5) is 38.1. The zero-order valence-corrected chi connectivity index (χ0v) is 15.7. The van der Waals surface area contributed by atoms with Crippen LogP contribution in [0.1, 0.15) is 38.7 Å². The lowest BCUT2D eigenvalue weighted by Crippen LogP contribution is -2.46. The molecule has 0 aliphatic heterocycles. The van der Waals surface area contributed by atoms with Gasteiger partial charge in [-0.05, 0) is 36.8 Å². The number of carboxylic acids is 1. The minimum atomic E-state index is -1.07. The van der Waals surface area contributed by atoms with E-state index in [9.17, 15) is 14.4 Å². The summed E-state index contributed by atoms with van der Waals surface area (Å²) in [5, 5.41) is 15.3. The average molecular weight is 373 g/mol. The monoisotopic (exact) mass is 373 g/mol. The molecule has 2 amide bonds. The van der Waals surface area contributed by atoms with Crippen molar-refractivity contribution in [2.45, 2.75) is 45.6 Å². The summed E-state index contributed by atoms with van der Waals surface area (Å²) in [6, 6.07) is 7.07. The van der Waals surface area contributed by atoms with Crippen molar-refractivity contribution in [3.05, 3.63) is 36.0 Å². The first-order valence-electron chi connectivity index (χ1n) is 9.20. The second kappa shape index (κ2) is 9.75. The molecule has 7 nitrogen and oxygen atoms in total. The highest BCUT2D eigenvalue weighted by Crippen LogP contribution is 2.19. The van der Waals surface area contributed by atoms with Crippen LogP contribution in [-0.2, 0) is 20.8 Å². The molecule has 1 heterocycles. The minimum Gasteiger partial charge on any atom is -0.480 e. The number of H-pyrrole nitrogens is 1. The molecule has 0 spiro atoms. The van der Waals surface area contributed by atoms with E-state index >= 15 is 0 Å². The van der Waals surface area contributed by atoms with Crippen molar-refractivity contribution < 1.29 is 19.5 Å². The first-order chi connectivity index (χ1) is 12.9. The van der Waals surface area contributed by atoms with Gasteiger partial charge in [0, 0.05) is 23.5 Å². The van der Waals surface area contributed by atoms with Gasteiger partial charge in [0.25, 0.3) is 0 Å². The maximum absolute atomic E-state index is 11.9. The third kappa shape index (κ3) is 6.44. The molecular weight excluding hydrogens is 346 g/mol. The van der Waals surface area contributed by atoms with Crippen molar-refractivity contribution in [1.82, 2.24) is 15.6 Å². The number of aromatic amines is 1. The molecule has 146 valence electrons. The van der Waals surface area contributed by atoms with E-state index in [1.807, 2.05) is 44.3 Å². The minimum absolute atomic E-state index is 0.144. The topological polar surface area (TPSA) is 111 Å². The Morgan fingerprint density at radius 2 is 1.89 bits per heavy atom. The number of aliphatic carboxylic acids is 1. The molecule has 0 aliphatic rings. The molecule has 4 N–H and O–H groups in total. The molecule has 0 fully saturated rings. The summed E-state index contributed by atoms with van der Waals surface area (Å²) in [6.07, 6.45) is 4.04. The van der Waals surface area contributed by atoms with Crippen LogP contribution in [0, 0.1) is 5.92 Å². The number of carboxylic acid groups (broad SMARTS) is 1. The van der Waals surface area contributed by atoms with Gasteiger partial charge in [-0.25, -0.2) is 4.79 Å². The summed E-state index contributed by atoms with van der Waals surface area (Å²) in [5.74, 6) is -1.64. The molecule has 0 saturated carbocycles. The van der Waals surface area contributed by atoms with E-state index < -0.39 is 17.9 Å². The van der Waals surface area contributed by atoms with E-state index in [2.05, 4.69) is 15.6 Å². The Hall–Kier alpha value is -2.83. The Morgan fingerprint density at radius 3 is 2.59 bits per heavy atom. The number of carbonyl (C=O) groups is 3. The first-order valence-corrected chi connectivity index (χ1v) is 9.20. The maximum Gasteiger partial charge on any atom is 0.326 e. The van der Waals surface area contributed by atoms with Crippen molar-refractivity contribution >= 4 is 28.7 Å². The first kappa shape index (κ1) is 20.5. The van der Waals surface area contributed by atoms with Gasteiger partial charge in [0.1, 0.15) is 6.04 Å². The number of nitrogens with one attached hydrogen (secondary N) is 3. The molecule has 27 heavy (non-hydrogen) atoms. The molecule has 2 rings (SSSR count). The van der Waals surface area contributed by atoms with Crippen molar-refractivity contribution in [2.24, 2.45) is 5.92 Å². The number of aryl methyl sites for hydroxylation is 1. The largest absolute Gasteiger partial charge is 0.480 e. The van der Waals surface area contributed by atoms with Crippen molar-refractivity contribution in [1.29, 1.82) is 0 Å². The van der Waals surface area contributed by atoms with Gasteiger partial charge in [-0.3, -0.25) is 9.59 Å². The van der Waals surface area contributed by atoms with E-state index in [4.69, 9.17) is 5.11 Å². The molecule has 0 radical (unpaired) electrons. The van der Waals surface area contributed by atoms with E-state index in [0.29, 0.717) is 19.3 Å². The van der Waals surface area contributed by atoms with Crippen LogP contribution in [0.4, 0.5) is 0 Å². The number of rotatable bonds is 10. The third-order valence-electron chi connectivity index (χ3n) is 4.31. The van der Waals surface area contributed by atoms with Crippen LogP contribution in [0.15, 0.2) is 30.5 Å². The van der Waals surface area contributed by atoms with Gasteiger partial charge >= 0.3 is 5.97 Å². The standard InChI is InChI=1S/C20H27N3O4/c1-13(2)10-17(20(26)27)23-19(25)12-22-18(24)9-5-6-14-11-21-16-8-4-3-7-15(14)16/h3-4,7-8,11,13,17,21H,5-6,9-10,12H2,1-2H3,(H,22,24)(H,23,25)(H,26,27)/t17-/m0/s1. The second-order valence-corrected chi connectivity index (χ2v) is 7.08. The van der Waals surface area contributed by atoms with Gasteiger partial charge in [0.05, 0.1) is 6.54 Å². The van der Waals surface area contributed by atoms with Gasteiger partial charge < -0.3 is 20.7 Å². The lowest BCUT2D eigenvalue weighted by molar-refractivity contribution is -0.142. The van der Waals surface area contributed by atoms with Crippen LogP contribution in [-0.4, -0.2) is 40.5 Å². The zero-order valence-electron chi connectivity index (χ0n) is 15.7. The number of aromatic nitrogens is 1. The summed E-state index contributed by atoms with van der Waals surface area (Å²) < 4.78 is 0. The van der Waals surface area contributed by atoms with Crippen LogP contribution in [0.3, 0.4) is 0 Å². The number of benzene rings is 1.